The summed E-state index contributed by atoms with van der Waals surface area (Å²) in [6, 6.07) is 26.2. The summed E-state index contributed by atoms with van der Waals surface area (Å²) in [7, 11) is 4.36. The van der Waals surface area contributed by atoms with Crippen LogP contribution in [0.15, 0.2) is 85.5 Å². The van der Waals surface area contributed by atoms with Gasteiger partial charge in [0, 0.05) is 135 Å². The van der Waals surface area contributed by atoms with Gasteiger partial charge in [-0.2, -0.15) is 19.9 Å². The van der Waals surface area contributed by atoms with Gasteiger partial charge < -0.3 is 49.1 Å². The average molecular weight is 1040 g/mol. The Bertz CT molecular complexity index is 3140. The number of likely N-dealkylation sites (tertiary alicyclic amines) is 2. The molecule has 77 heavy (non-hydrogen) atoms. The second-order valence-corrected chi connectivity index (χ2v) is 22.2. The van der Waals surface area contributed by atoms with Gasteiger partial charge in [0.05, 0.1) is 31.1 Å². The maximum Gasteiger partial charge on any atom is 0.318 e. The molecule has 2 N–H and O–H groups in total. The number of aromatic nitrogens is 4. The van der Waals surface area contributed by atoms with Crippen molar-refractivity contribution in [1.82, 2.24) is 40.0 Å². The Morgan fingerprint density at radius 1 is 0.701 bits per heavy atom. The van der Waals surface area contributed by atoms with Gasteiger partial charge in [-0.1, -0.05) is 55.1 Å². The van der Waals surface area contributed by atoms with Crippen LogP contribution in [-0.4, -0.2) is 169 Å². The largest absolute Gasteiger partial charge is 0.508 e. The lowest BCUT2D eigenvalue weighted by Crippen LogP contribution is -2.49. The summed E-state index contributed by atoms with van der Waals surface area (Å²) in [6.07, 6.45) is 5.90. The van der Waals surface area contributed by atoms with Crippen LogP contribution in [0.4, 0.5) is 23.0 Å². The molecule has 2 aromatic heterocycles. The van der Waals surface area contributed by atoms with E-state index in [0.29, 0.717) is 63.9 Å². The van der Waals surface area contributed by atoms with Gasteiger partial charge in [0.25, 0.3) is 0 Å². The lowest BCUT2D eigenvalue weighted by atomic mass is 10.0. The predicted molar refractivity (Wildman–Crippen MR) is 303 cm³/mol. The molecule has 0 spiro atoms. The number of piperazine rings is 2. The number of phenolic OH excluding ortho intramolecular Hbond substituents is 1. The number of carbonyl (C=O) groups is 1. The summed E-state index contributed by atoms with van der Waals surface area (Å²) in [5.74, 6) is 3.27. The molecule has 6 aromatic rings. The van der Waals surface area contributed by atoms with Crippen LogP contribution in [0.5, 0.6) is 23.5 Å². The van der Waals surface area contributed by atoms with Crippen molar-refractivity contribution >= 4 is 50.5 Å². The molecule has 0 radical (unpaired) electrons. The average Bonchev–Trinajstić information content (AvgIpc) is 4.12. The maximum absolute atomic E-state index is 12.5. The number of hydrogen-bond acceptors (Lipinski definition) is 16. The number of anilines is 4. The van der Waals surface area contributed by atoms with Crippen LogP contribution in [0, 0.1) is 5.92 Å². The molecule has 4 aromatic carbocycles. The first-order chi connectivity index (χ1) is 37.5. The Labute approximate surface area is 452 Å². The van der Waals surface area contributed by atoms with Crippen LogP contribution < -0.4 is 39.1 Å². The van der Waals surface area contributed by atoms with Crippen molar-refractivity contribution in [2.45, 2.75) is 83.3 Å². The van der Waals surface area contributed by atoms with E-state index in [1.54, 1.807) is 0 Å². The van der Waals surface area contributed by atoms with Crippen molar-refractivity contribution in [3.05, 3.63) is 108 Å². The number of carbonyl (C=O) groups excluding carboxylic acids is 1. The first-order valence-electron chi connectivity index (χ1n) is 28.1. The molecular formula is C60H74N12O5. The van der Waals surface area contributed by atoms with Crippen LogP contribution >= 0.6 is 0 Å². The number of amides is 1. The molecule has 4 saturated heterocycles. The number of rotatable bonds is 14. The fraction of sp³-hybridized carbons (Fsp3) is 0.483. The van der Waals surface area contributed by atoms with Gasteiger partial charge in [-0.3, -0.25) is 14.6 Å². The van der Waals surface area contributed by atoms with E-state index in [1.807, 2.05) is 23.1 Å². The third-order valence-electron chi connectivity index (χ3n) is 17.3. The number of phenols is 1. The zero-order valence-electron chi connectivity index (χ0n) is 45.2. The van der Waals surface area contributed by atoms with E-state index in [1.165, 1.54) is 17.0 Å². The van der Waals surface area contributed by atoms with Crippen molar-refractivity contribution in [2.24, 2.45) is 5.92 Å². The monoisotopic (exact) mass is 1040 g/mol. The molecule has 17 nitrogen and oxygen atoms in total. The van der Waals surface area contributed by atoms with Gasteiger partial charge in [-0.05, 0) is 95.6 Å². The first-order valence-corrected chi connectivity index (χ1v) is 28.1. The molecule has 6 aliphatic heterocycles. The molecule has 12 rings (SSSR count). The quantitative estimate of drug-likeness (QED) is 0.112. The second kappa shape index (κ2) is 21.8. The highest BCUT2D eigenvalue weighted by molar-refractivity contribution is 5.97. The number of aromatic hydroxyl groups is 1. The van der Waals surface area contributed by atoms with E-state index >= 15 is 0 Å². The summed E-state index contributed by atoms with van der Waals surface area (Å²) < 4.78 is 20.3. The Morgan fingerprint density at radius 2 is 1.29 bits per heavy atom. The standard InChI is InChI=1S/C60H74N12O5/c1-6-56(74)68-26-28-70(29-27-68)58-49-18-23-72(37-51(49)62-59(65-58)76-39(2)52-16-11-21-66(52)4)55-34-45(32-43-13-8-10-15-47(43)55)75-38-41-30-53(67(5)35-41)40(3)77-60-63-50-36-71(54-33-44(73)31-42-12-7-9-14-46(42)54)22-17-48(50)57(64-60)69-24-19-61-20-25-69/h6-10,12-15,31-34,39-41,52-53,61,73H,1,11,16-30,35-38H2,2-5H3/t39-,40-,41?,52-,53-/m1/s1. The number of likely N-dealkylation sites (N-methyl/N-ethyl adjacent to an activating group) is 2. The first kappa shape index (κ1) is 50.8. The molecule has 1 amide bonds. The van der Waals surface area contributed by atoms with E-state index in [0.717, 1.165) is 146 Å². The third-order valence-corrected chi connectivity index (χ3v) is 17.3. The van der Waals surface area contributed by atoms with Crippen molar-refractivity contribution in [1.29, 1.82) is 0 Å². The van der Waals surface area contributed by atoms with Gasteiger partial charge in [0.15, 0.2) is 0 Å². The number of hydrogen-bond donors (Lipinski definition) is 2. The molecule has 17 heteroatoms. The number of nitrogens with zero attached hydrogens (tertiary/aromatic N) is 11. The fourth-order valence-corrected chi connectivity index (χ4v) is 13.1. The summed E-state index contributed by atoms with van der Waals surface area (Å²) in [5, 5.41) is 18.7. The number of ether oxygens (including phenoxy) is 3. The summed E-state index contributed by atoms with van der Waals surface area (Å²) in [6.45, 7) is 19.5. The van der Waals surface area contributed by atoms with E-state index in [2.05, 4.69) is 124 Å². The molecule has 8 heterocycles. The number of benzene rings is 4. The molecule has 0 aliphatic carbocycles. The molecular weight excluding hydrogens is 969 g/mol. The van der Waals surface area contributed by atoms with Crippen molar-refractivity contribution in [3.8, 4) is 23.5 Å². The van der Waals surface area contributed by atoms with Gasteiger partial charge in [0.2, 0.25) is 5.91 Å². The summed E-state index contributed by atoms with van der Waals surface area (Å²) >= 11 is 0. The molecule has 4 fully saturated rings. The minimum absolute atomic E-state index is 0.0337. The van der Waals surface area contributed by atoms with Crippen molar-refractivity contribution < 1.29 is 24.1 Å². The normalized spacial score (nSPS) is 22.0. The van der Waals surface area contributed by atoms with Gasteiger partial charge >= 0.3 is 12.0 Å². The topological polar surface area (TPSA) is 151 Å². The van der Waals surface area contributed by atoms with Gasteiger partial charge in [0.1, 0.15) is 35.3 Å². The van der Waals surface area contributed by atoms with Crippen molar-refractivity contribution in [3.63, 3.8) is 0 Å². The molecule has 0 bridgehead atoms. The van der Waals surface area contributed by atoms with E-state index in [-0.39, 0.29) is 35.8 Å². The van der Waals surface area contributed by atoms with Gasteiger partial charge in [-0.25, -0.2) is 0 Å². The summed E-state index contributed by atoms with van der Waals surface area (Å²) in [5.41, 5.74) is 6.43. The number of fused-ring (bicyclic) bond motifs is 4. The Balaban J connectivity index is 0.751. The maximum atomic E-state index is 12.5. The lowest BCUT2D eigenvalue weighted by Gasteiger charge is -2.38. The Morgan fingerprint density at radius 3 is 1.90 bits per heavy atom. The van der Waals surface area contributed by atoms with Crippen LogP contribution in [0.3, 0.4) is 0 Å². The summed E-state index contributed by atoms with van der Waals surface area (Å²) in [4.78, 5) is 49.3. The predicted octanol–water partition coefficient (Wildman–Crippen LogP) is 6.68. The third kappa shape index (κ3) is 10.5. The van der Waals surface area contributed by atoms with Crippen LogP contribution in [0.1, 0.15) is 55.6 Å². The lowest BCUT2D eigenvalue weighted by molar-refractivity contribution is -0.126. The molecule has 1 unspecified atom stereocenters. The molecule has 5 atom stereocenters. The van der Waals surface area contributed by atoms with Gasteiger partial charge in [-0.15, -0.1) is 0 Å². The van der Waals surface area contributed by atoms with E-state index in [9.17, 15) is 9.90 Å². The second-order valence-electron chi connectivity index (χ2n) is 22.2. The number of nitrogens with one attached hydrogen (secondary N) is 1. The van der Waals surface area contributed by atoms with Crippen LogP contribution in [0.25, 0.3) is 21.5 Å². The molecule has 404 valence electrons. The Hall–Kier alpha value is -6.95. The van der Waals surface area contributed by atoms with Crippen LogP contribution in [-0.2, 0) is 30.7 Å². The zero-order chi connectivity index (χ0) is 52.7. The van der Waals surface area contributed by atoms with E-state index in [4.69, 9.17) is 34.1 Å². The van der Waals surface area contributed by atoms with Crippen molar-refractivity contribution in [2.75, 3.05) is 119 Å². The zero-order valence-corrected chi connectivity index (χ0v) is 45.2. The SMILES string of the molecule is C=CC(=O)N1CCN(c2nc(O[C@H](C)[C@H]3CCCN3C)nc3c2CCN(c2cc(OCC4C[C@H]([C@@H](C)Oc5nc6c(c(N7CCNCC7)n5)CCN(c5cc(O)cc7ccccc57)C6)N(C)C4)cc4ccccc24)C3)CC1. The minimum atomic E-state index is -0.170. The van der Waals surface area contributed by atoms with Crippen LogP contribution in [0.2, 0.25) is 0 Å². The fourth-order valence-electron chi connectivity index (χ4n) is 13.1. The highest BCUT2D eigenvalue weighted by atomic mass is 16.5. The highest BCUT2D eigenvalue weighted by Crippen LogP contribution is 2.40. The smallest absolute Gasteiger partial charge is 0.318 e. The minimum Gasteiger partial charge on any atom is -0.508 e. The molecule has 0 saturated carbocycles. The van der Waals surface area contributed by atoms with E-state index < -0.39 is 0 Å². The highest BCUT2D eigenvalue weighted by Gasteiger charge is 2.37. The molecule has 6 aliphatic rings. The Kier molecular flexibility index (Phi) is 14.4.